The van der Waals surface area contributed by atoms with Gasteiger partial charge in [0.15, 0.2) is 0 Å². The zero-order valence-electron chi connectivity index (χ0n) is 22.2. The second-order valence-corrected chi connectivity index (χ2v) is 8.43. The van der Waals surface area contributed by atoms with Crippen molar-refractivity contribution in [1.29, 1.82) is 0 Å². The summed E-state index contributed by atoms with van der Waals surface area (Å²) in [5.41, 5.74) is 4.04. The number of nitrogens with one attached hydrogen (secondary N) is 1. The van der Waals surface area contributed by atoms with Crippen LogP contribution < -0.4 is 10.3 Å². The van der Waals surface area contributed by atoms with Crippen LogP contribution >= 0.6 is 0 Å². The Balaban J connectivity index is 0.00000103. The molecular formula is C30H44FN3O. The summed E-state index contributed by atoms with van der Waals surface area (Å²) in [6.07, 6.45) is 8.48. The van der Waals surface area contributed by atoms with E-state index in [9.17, 15) is 4.39 Å². The van der Waals surface area contributed by atoms with Gasteiger partial charge >= 0.3 is 0 Å². The summed E-state index contributed by atoms with van der Waals surface area (Å²) >= 11 is 0. The van der Waals surface area contributed by atoms with Crippen molar-refractivity contribution in [2.45, 2.75) is 78.7 Å². The third kappa shape index (κ3) is 6.72. The van der Waals surface area contributed by atoms with Crippen LogP contribution in [0.25, 0.3) is 0 Å². The van der Waals surface area contributed by atoms with E-state index in [0.29, 0.717) is 0 Å². The summed E-state index contributed by atoms with van der Waals surface area (Å²) in [6.45, 7) is 11.4. The SMILES string of the molecule is CC.CC.CCCCC1C(c2ccc(F)cc2)=NN(c2ccccc2)C12C=C2NCCCCCO. The van der Waals surface area contributed by atoms with Crippen molar-refractivity contribution in [3.05, 3.63) is 77.8 Å². The molecule has 0 bridgehead atoms. The van der Waals surface area contributed by atoms with E-state index in [2.05, 4.69) is 35.5 Å². The predicted octanol–water partition coefficient (Wildman–Crippen LogP) is 7.30. The van der Waals surface area contributed by atoms with Crippen LogP contribution in [-0.2, 0) is 0 Å². The molecule has 1 spiro atoms. The number of para-hydroxylation sites is 1. The zero-order chi connectivity index (χ0) is 25.7. The number of anilines is 1. The number of aliphatic hydroxyl groups is 1. The number of rotatable bonds is 11. The van der Waals surface area contributed by atoms with E-state index in [1.807, 2.05) is 58.0 Å². The van der Waals surface area contributed by atoms with Crippen molar-refractivity contribution in [3.8, 4) is 0 Å². The topological polar surface area (TPSA) is 47.9 Å². The number of unbranched alkanes of at least 4 members (excludes halogenated alkanes) is 3. The minimum Gasteiger partial charge on any atom is -0.396 e. The highest BCUT2D eigenvalue weighted by Gasteiger charge is 2.60. The molecule has 2 aliphatic rings. The van der Waals surface area contributed by atoms with E-state index in [4.69, 9.17) is 10.2 Å². The fourth-order valence-corrected chi connectivity index (χ4v) is 4.58. The van der Waals surface area contributed by atoms with Crippen LogP contribution in [0.1, 0.15) is 78.7 Å². The molecule has 0 saturated carbocycles. The molecule has 1 aliphatic carbocycles. The van der Waals surface area contributed by atoms with Crippen LogP contribution in [0, 0.1) is 11.7 Å². The average molecular weight is 482 g/mol. The monoisotopic (exact) mass is 481 g/mol. The highest BCUT2D eigenvalue weighted by Crippen LogP contribution is 2.53. The summed E-state index contributed by atoms with van der Waals surface area (Å²) in [5.74, 6) is -0.00470. The molecule has 4 nitrogen and oxygen atoms in total. The minimum atomic E-state index is -0.267. The normalized spacial score (nSPS) is 19.7. The van der Waals surface area contributed by atoms with Gasteiger partial charge in [-0.3, -0.25) is 0 Å². The molecular weight excluding hydrogens is 437 g/mol. The molecule has 0 saturated heterocycles. The zero-order valence-corrected chi connectivity index (χ0v) is 22.2. The standard InChI is InChI=1S/C26H32FN3O.2C2H6/c1-2-3-12-23-25(20-13-15-21(27)16-14-20)29-30(22-10-6-4-7-11-22)26(23)19-24(26)28-17-8-5-9-18-31;2*1-2/h4,6-7,10-11,13-16,19,23,28,31H,2-3,5,8-9,12,17-18H2,1H3;2*1-2H3. The number of hydrogen-bond donors (Lipinski definition) is 2. The van der Waals surface area contributed by atoms with Crippen molar-refractivity contribution in [1.82, 2.24) is 5.32 Å². The maximum Gasteiger partial charge on any atom is 0.131 e. The molecule has 5 heteroatoms. The third-order valence-electron chi connectivity index (χ3n) is 6.27. The molecule has 0 fully saturated rings. The molecule has 2 N–H and O–H groups in total. The Hall–Kier alpha value is -2.66. The van der Waals surface area contributed by atoms with Gasteiger partial charge in [0.1, 0.15) is 11.4 Å². The second-order valence-electron chi connectivity index (χ2n) is 8.43. The lowest BCUT2D eigenvalue weighted by Gasteiger charge is -2.31. The van der Waals surface area contributed by atoms with E-state index in [1.165, 1.54) is 17.8 Å². The molecule has 35 heavy (non-hydrogen) atoms. The molecule has 0 amide bonds. The van der Waals surface area contributed by atoms with Crippen molar-refractivity contribution in [3.63, 3.8) is 0 Å². The van der Waals surface area contributed by atoms with E-state index in [-0.39, 0.29) is 23.9 Å². The molecule has 2 atom stereocenters. The Morgan fingerprint density at radius 1 is 0.943 bits per heavy atom. The van der Waals surface area contributed by atoms with Crippen LogP contribution in [0.3, 0.4) is 0 Å². The molecule has 192 valence electrons. The molecule has 2 unspecified atom stereocenters. The highest BCUT2D eigenvalue weighted by molar-refractivity contribution is 6.07. The largest absolute Gasteiger partial charge is 0.396 e. The fraction of sp³-hybridized carbons (Fsp3) is 0.500. The maximum atomic E-state index is 13.6. The first-order chi connectivity index (χ1) is 17.2. The Morgan fingerprint density at radius 2 is 1.63 bits per heavy atom. The Morgan fingerprint density at radius 3 is 2.26 bits per heavy atom. The van der Waals surface area contributed by atoms with E-state index in [1.54, 1.807) is 0 Å². The Bertz CT molecular complexity index is 926. The smallest absolute Gasteiger partial charge is 0.131 e. The second kappa shape index (κ2) is 14.7. The molecule has 4 rings (SSSR count). The molecule has 1 heterocycles. The van der Waals surface area contributed by atoms with Crippen LogP contribution in [0.2, 0.25) is 0 Å². The number of halogens is 1. The number of aliphatic hydroxyl groups excluding tert-OH is 1. The molecule has 0 radical (unpaired) electrons. The highest BCUT2D eigenvalue weighted by atomic mass is 19.1. The number of benzene rings is 2. The van der Waals surface area contributed by atoms with Gasteiger partial charge in [0.05, 0.1) is 11.4 Å². The van der Waals surface area contributed by atoms with Gasteiger partial charge in [-0.2, -0.15) is 5.10 Å². The Labute approximate surface area is 212 Å². The summed E-state index contributed by atoms with van der Waals surface area (Å²) in [4.78, 5) is 0. The first kappa shape index (κ1) is 28.6. The van der Waals surface area contributed by atoms with Gasteiger partial charge in [-0.25, -0.2) is 9.40 Å². The number of hydrogen-bond acceptors (Lipinski definition) is 4. The van der Waals surface area contributed by atoms with E-state index in [0.717, 1.165) is 62.0 Å². The van der Waals surface area contributed by atoms with Gasteiger partial charge in [0.2, 0.25) is 0 Å². The summed E-state index contributed by atoms with van der Waals surface area (Å²) < 4.78 is 13.6. The van der Waals surface area contributed by atoms with Crippen LogP contribution in [0.5, 0.6) is 0 Å². The molecule has 1 aliphatic heterocycles. The molecule has 0 aromatic heterocycles. The molecule has 2 aromatic carbocycles. The predicted molar refractivity (Wildman–Crippen MR) is 147 cm³/mol. The average Bonchev–Trinajstić information content (AvgIpc) is 3.53. The number of hydrazone groups is 1. The van der Waals surface area contributed by atoms with Crippen LogP contribution in [-0.4, -0.2) is 29.5 Å². The van der Waals surface area contributed by atoms with Crippen molar-refractivity contribution >= 4 is 11.4 Å². The molecule has 2 aromatic rings. The van der Waals surface area contributed by atoms with E-state index < -0.39 is 0 Å². The lowest BCUT2D eigenvalue weighted by molar-refractivity contribution is 0.283. The van der Waals surface area contributed by atoms with Crippen LogP contribution in [0.15, 0.2) is 71.5 Å². The van der Waals surface area contributed by atoms with Gasteiger partial charge in [-0.05, 0) is 61.6 Å². The quantitative estimate of drug-likeness (QED) is 0.331. The summed E-state index contributed by atoms with van der Waals surface area (Å²) in [7, 11) is 0. The van der Waals surface area contributed by atoms with Gasteiger partial charge < -0.3 is 10.4 Å². The van der Waals surface area contributed by atoms with Crippen molar-refractivity contribution < 1.29 is 9.50 Å². The maximum absolute atomic E-state index is 13.6. The fourth-order valence-electron chi connectivity index (χ4n) is 4.58. The summed E-state index contributed by atoms with van der Waals surface area (Å²) in [5, 5.41) is 19.9. The minimum absolute atomic E-state index is 0.220. The summed E-state index contributed by atoms with van der Waals surface area (Å²) in [6, 6.07) is 17.0. The van der Waals surface area contributed by atoms with Gasteiger partial charge in [0, 0.05) is 24.8 Å². The van der Waals surface area contributed by atoms with Gasteiger partial charge in [-0.15, -0.1) is 0 Å². The van der Waals surface area contributed by atoms with Crippen molar-refractivity contribution in [2.24, 2.45) is 11.0 Å². The van der Waals surface area contributed by atoms with Crippen LogP contribution in [0.4, 0.5) is 10.1 Å². The first-order valence-corrected chi connectivity index (χ1v) is 13.5. The Kier molecular flexibility index (Phi) is 12.0. The van der Waals surface area contributed by atoms with Gasteiger partial charge in [0.25, 0.3) is 0 Å². The first-order valence-electron chi connectivity index (χ1n) is 13.5. The van der Waals surface area contributed by atoms with Gasteiger partial charge in [-0.1, -0.05) is 77.8 Å². The lowest BCUT2D eigenvalue weighted by atomic mass is 9.83. The van der Waals surface area contributed by atoms with Crippen molar-refractivity contribution in [2.75, 3.05) is 18.2 Å². The lowest BCUT2D eigenvalue weighted by Crippen LogP contribution is -2.42. The third-order valence-corrected chi connectivity index (χ3v) is 6.27. The van der Waals surface area contributed by atoms with E-state index >= 15 is 0 Å². The number of nitrogens with zero attached hydrogens (tertiary/aromatic N) is 2.